The molecule has 5 rings (SSSR count). The van der Waals surface area contributed by atoms with Crippen LogP contribution in [0.25, 0.3) is 21.5 Å². The predicted octanol–water partition coefficient (Wildman–Crippen LogP) is 5.97. The molecular weight excluding hydrogens is 466 g/mol. The number of piperidine rings is 1. The van der Waals surface area contributed by atoms with Crippen molar-refractivity contribution in [1.82, 2.24) is 25.5 Å². The third-order valence-electron chi connectivity index (χ3n) is 7.55. The van der Waals surface area contributed by atoms with Crippen LogP contribution in [0.4, 0.5) is 0 Å². The molecule has 1 aliphatic heterocycles. The van der Waals surface area contributed by atoms with Gasteiger partial charge in [-0.1, -0.05) is 6.58 Å². The maximum absolute atomic E-state index is 5.16. The van der Waals surface area contributed by atoms with E-state index < -0.39 is 0 Å². The van der Waals surface area contributed by atoms with Gasteiger partial charge in [0.25, 0.3) is 0 Å². The highest BCUT2D eigenvalue weighted by Gasteiger charge is 2.36. The molecule has 3 aromatic rings. The minimum absolute atomic E-state index is 0.319. The minimum Gasteiger partial charge on any atom is -0.483 e. The summed E-state index contributed by atoms with van der Waals surface area (Å²) in [6.07, 6.45) is 11.0. The average Bonchev–Trinajstić information content (AvgIpc) is 3.46. The summed E-state index contributed by atoms with van der Waals surface area (Å²) in [5, 5.41) is 7.98. The lowest BCUT2D eigenvalue weighted by atomic mass is 9.94. The lowest BCUT2D eigenvalue weighted by Crippen LogP contribution is -2.38. The molecule has 0 spiro atoms. The number of aryl methyl sites for hydroxylation is 1. The van der Waals surface area contributed by atoms with Crippen LogP contribution >= 0.6 is 11.3 Å². The van der Waals surface area contributed by atoms with Crippen LogP contribution in [0.5, 0.6) is 0 Å². The Labute approximate surface area is 218 Å². The highest BCUT2D eigenvalue weighted by molar-refractivity contribution is 7.15. The fourth-order valence-electron chi connectivity index (χ4n) is 5.37. The van der Waals surface area contributed by atoms with Crippen LogP contribution in [0.1, 0.15) is 55.5 Å². The van der Waals surface area contributed by atoms with Crippen molar-refractivity contribution in [3.05, 3.63) is 65.8 Å². The van der Waals surface area contributed by atoms with Crippen molar-refractivity contribution in [2.45, 2.75) is 57.5 Å². The van der Waals surface area contributed by atoms with Crippen LogP contribution in [-0.4, -0.2) is 47.7 Å². The van der Waals surface area contributed by atoms with Crippen LogP contribution in [0.2, 0.25) is 0 Å². The van der Waals surface area contributed by atoms with Gasteiger partial charge in [0.15, 0.2) is 5.88 Å². The fraction of sp³-hybridized carbons (Fsp3) is 0.483. The first-order valence-corrected chi connectivity index (χ1v) is 14.1. The van der Waals surface area contributed by atoms with Gasteiger partial charge in [-0.05, 0) is 82.3 Å². The number of thiophene rings is 1. The molecule has 2 atom stereocenters. The Bertz CT molecular complexity index is 1200. The number of fused-ring (bicyclic) bond motifs is 1. The molecule has 0 radical (unpaired) electrons. The van der Waals surface area contributed by atoms with Crippen molar-refractivity contribution in [3.8, 4) is 10.4 Å². The highest BCUT2D eigenvalue weighted by Crippen LogP contribution is 2.44. The van der Waals surface area contributed by atoms with E-state index in [0.717, 1.165) is 43.5 Å². The number of aromatic nitrogens is 2. The van der Waals surface area contributed by atoms with Gasteiger partial charge >= 0.3 is 0 Å². The summed E-state index contributed by atoms with van der Waals surface area (Å²) >= 11 is 1.93. The Hall–Kier alpha value is -2.77. The average molecular weight is 506 g/mol. The summed E-state index contributed by atoms with van der Waals surface area (Å²) in [4.78, 5) is 13.3. The van der Waals surface area contributed by atoms with Gasteiger partial charge < -0.3 is 25.3 Å². The molecule has 36 heavy (non-hydrogen) atoms. The van der Waals surface area contributed by atoms with Crippen molar-refractivity contribution in [2.24, 2.45) is 5.92 Å². The predicted molar refractivity (Wildman–Crippen MR) is 150 cm³/mol. The Morgan fingerprint density at radius 3 is 2.92 bits per heavy atom. The second-order valence-electron chi connectivity index (χ2n) is 10.1. The molecule has 1 saturated carbocycles. The summed E-state index contributed by atoms with van der Waals surface area (Å²) in [6, 6.07) is 7.75. The van der Waals surface area contributed by atoms with Crippen LogP contribution in [0, 0.1) is 5.92 Å². The van der Waals surface area contributed by atoms with E-state index in [2.05, 4.69) is 63.8 Å². The van der Waals surface area contributed by atoms with E-state index in [9.17, 15) is 0 Å². The number of H-pyrrole nitrogens is 1. The van der Waals surface area contributed by atoms with Crippen molar-refractivity contribution >= 4 is 22.4 Å². The Morgan fingerprint density at radius 2 is 2.17 bits per heavy atom. The minimum atomic E-state index is 0.319. The lowest BCUT2D eigenvalue weighted by molar-refractivity contribution is 0.219. The monoisotopic (exact) mass is 505 g/mol. The smallest absolute Gasteiger partial charge is 0.178 e. The number of rotatable bonds is 12. The normalized spacial score (nSPS) is 18.7. The first-order valence-electron chi connectivity index (χ1n) is 13.3. The quantitative estimate of drug-likeness (QED) is 0.209. The van der Waals surface area contributed by atoms with E-state index in [0.29, 0.717) is 23.9 Å². The molecule has 3 aromatic heterocycles. The van der Waals surface area contributed by atoms with Gasteiger partial charge in [-0.15, -0.1) is 11.3 Å². The van der Waals surface area contributed by atoms with Gasteiger partial charge in [-0.25, -0.2) is 4.98 Å². The molecule has 192 valence electrons. The molecule has 3 N–H and O–H groups in total. The summed E-state index contributed by atoms with van der Waals surface area (Å²) in [5.41, 5.74) is 4.85. The number of aromatic amines is 1. The van der Waals surface area contributed by atoms with E-state index in [1.54, 1.807) is 7.11 Å². The molecule has 7 heteroatoms. The van der Waals surface area contributed by atoms with Crippen molar-refractivity contribution in [3.63, 3.8) is 0 Å². The summed E-state index contributed by atoms with van der Waals surface area (Å²) in [6.45, 7) is 13.9. The summed E-state index contributed by atoms with van der Waals surface area (Å²) < 4.78 is 5.16. The maximum Gasteiger partial charge on any atom is 0.178 e. The molecule has 2 aliphatic rings. The zero-order valence-electron chi connectivity index (χ0n) is 21.6. The van der Waals surface area contributed by atoms with Crippen LogP contribution in [0.15, 0.2) is 55.3 Å². The molecule has 0 aromatic carbocycles. The van der Waals surface area contributed by atoms with Crippen molar-refractivity contribution < 1.29 is 4.74 Å². The fourth-order valence-corrected chi connectivity index (χ4v) is 6.61. The molecule has 0 bridgehead atoms. The zero-order valence-corrected chi connectivity index (χ0v) is 22.4. The van der Waals surface area contributed by atoms with E-state index >= 15 is 0 Å². The molecule has 2 unspecified atom stereocenters. The maximum atomic E-state index is 5.16. The molecule has 1 aliphatic carbocycles. The molecule has 6 nitrogen and oxygen atoms in total. The SMILES string of the molecule is C=C(NCCCc1cc(C(C)N(C(=C)C2CCCNC2)C2CC2)sc1-c1cnc2[nH]ccc2c1)OC. The second-order valence-corrected chi connectivity index (χ2v) is 11.2. The Morgan fingerprint density at radius 1 is 1.31 bits per heavy atom. The van der Waals surface area contributed by atoms with E-state index in [-0.39, 0.29) is 0 Å². The molecular formula is C29H39N5OS. The van der Waals surface area contributed by atoms with Crippen LogP contribution < -0.4 is 10.6 Å². The van der Waals surface area contributed by atoms with Gasteiger partial charge in [0.05, 0.1) is 13.2 Å². The molecule has 4 heterocycles. The summed E-state index contributed by atoms with van der Waals surface area (Å²) in [7, 11) is 1.65. The van der Waals surface area contributed by atoms with Gasteiger partial charge in [0.1, 0.15) is 5.65 Å². The largest absolute Gasteiger partial charge is 0.483 e. The first kappa shape index (κ1) is 24.9. The van der Waals surface area contributed by atoms with Gasteiger partial charge in [0, 0.05) is 63.8 Å². The number of hydrogen-bond acceptors (Lipinski definition) is 6. The number of hydrogen-bond donors (Lipinski definition) is 3. The molecule has 2 fully saturated rings. The molecule has 0 amide bonds. The van der Waals surface area contributed by atoms with Gasteiger partial charge in [-0.3, -0.25) is 0 Å². The number of nitrogens with zero attached hydrogens (tertiary/aromatic N) is 2. The van der Waals surface area contributed by atoms with E-state index in [1.807, 2.05) is 23.7 Å². The lowest BCUT2D eigenvalue weighted by Gasteiger charge is -2.38. The number of ether oxygens (including phenoxy) is 1. The third kappa shape index (κ3) is 5.47. The van der Waals surface area contributed by atoms with E-state index in [1.165, 1.54) is 52.3 Å². The number of methoxy groups -OCH3 is 1. The molecule has 1 saturated heterocycles. The second kappa shape index (κ2) is 11.1. The zero-order chi connectivity index (χ0) is 25.1. The van der Waals surface area contributed by atoms with Gasteiger partial charge in [0.2, 0.25) is 0 Å². The Balaban J connectivity index is 1.41. The standard InChI is InChI=1S/C29H39N5OS/c1-19(24-8-5-12-30-17-24)34(26-9-10-26)20(2)27-16-22(7-6-13-31-21(3)35-4)28(36-27)25-15-23-11-14-32-29(23)33-18-25/h11,14-16,18,20,24,26,30-31H,1,3,5-10,12-13,17H2,2,4H3,(H,32,33). The topological polar surface area (TPSA) is 65.2 Å². The highest BCUT2D eigenvalue weighted by atomic mass is 32.1. The number of nitrogens with one attached hydrogen (secondary N) is 3. The van der Waals surface area contributed by atoms with Crippen molar-refractivity contribution in [2.75, 3.05) is 26.7 Å². The van der Waals surface area contributed by atoms with Crippen LogP contribution in [0.3, 0.4) is 0 Å². The number of pyridine rings is 1. The van der Waals surface area contributed by atoms with Crippen molar-refractivity contribution in [1.29, 1.82) is 0 Å². The first-order chi connectivity index (χ1) is 17.5. The van der Waals surface area contributed by atoms with Gasteiger partial charge in [-0.2, -0.15) is 0 Å². The third-order valence-corrected chi connectivity index (χ3v) is 8.95. The van der Waals surface area contributed by atoms with E-state index in [4.69, 9.17) is 4.74 Å². The Kier molecular flexibility index (Phi) is 7.67. The summed E-state index contributed by atoms with van der Waals surface area (Å²) in [5.74, 6) is 1.16. The van der Waals surface area contributed by atoms with Crippen LogP contribution in [-0.2, 0) is 11.2 Å².